The molecule has 1 aliphatic rings. The van der Waals surface area contributed by atoms with Crippen LogP contribution in [0.1, 0.15) is 47.2 Å². The van der Waals surface area contributed by atoms with Crippen LogP contribution in [0.5, 0.6) is 0 Å². The zero-order chi connectivity index (χ0) is 19.4. The minimum absolute atomic E-state index is 0.0976. The van der Waals surface area contributed by atoms with Crippen LogP contribution in [-0.2, 0) is 10.2 Å². The Morgan fingerprint density at radius 1 is 1.11 bits per heavy atom. The Hall–Kier alpha value is -2.73. The standard InChI is InChI=1S/C21H25N3O3/c1-21(2,3)16-6-4-5-7-17(16)23-19(25)15-8-9-22-18(14-15)20(26)24-10-12-27-13-11-24/h4-9,14H,10-13H2,1-3H3,(H,23,25). The highest BCUT2D eigenvalue weighted by Gasteiger charge is 2.22. The van der Waals surface area contributed by atoms with Crippen molar-refractivity contribution in [1.29, 1.82) is 0 Å². The number of aromatic nitrogens is 1. The summed E-state index contributed by atoms with van der Waals surface area (Å²) in [6.45, 7) is 8.42. The van der Waals surface area contributed by atoms with Gasteiger partial charge in [-0.2, -0.15) is 0 Å². The molecule has 142 valence electrons. The molecule has 0 radical (unpaired) electrons. The molecule has 1 fully saturated rings. The summed E-state index contributed by atoms with van der Waals surface area (Å²) in [5.74, 6) is -0.437. The molecule has 6 nitrogen and oxygen atoms in total. The van der Waals surface area contributed by atoms with E-state index in [9.17, 15) is 9.59 Å². The van der Waals surface area contributed by atoms with Crippen LogP contribution < -0.4 is 5.32 Å². The van der Waals surface area contributed by atoms with Crippen molar-refractivity contribution >= 4 is 17.5 Å². The van der Waals surface area contributed by atoms with E-state index in [1.54, 1.807) is 17.0 Å². The maximum absolute atomic E-state index is 12.8. The van der Waals surface area contributed by atoms with E-state index in [1.807, 2.05) is 24.3 Å². The predicted octanol–water partition coefficient (Wildman–Crippen LogP) is 3.10. The fourth-order valence-corrected chi connectivity index (χ4v) is 3.06. The number of hydrogen-bond donors (Lipinski definition) is 1. The van der Waals surface area contributed by atoms with Crippen LogP contribution in [-0.4, -0.2) is 48.0 Å². The smallest absolute Gasteiger partial charge is 0.272 e. The van der Waals surface area contributed by atoms with E-state index in [1.165, 1.54) is 6.20 Å². The molecule has 0 spiro atoms. The van der Waals surface area contributed by atoms with Crippen LogP contribution >= 0.6 is 0 Å². The number of anilines is 1. The van der Waals surface area contributed by atoms with Gasteiger partial charge in [0.05, 0.1) is 13.2 Å². The predicted molar refractivity (Wildman–Crippen MR) is 104 cm³/mol. The monoisotopic (exact) mass is 367 g/mol. The fourth-order valence-electron chi connectivity index (χ4n) is 3.06. The highest BCUT2D eigenvalue weighted by atomic mass is 16.5. The molecule has 0 atom stereocenters. The molecular formula is C21H25N3O3. The second-order valence-electron chi connectivity index (χ2n) is 7.58. The van der Waals surface area contributed by atoms with Crippen LogP contribution in [0.15, 0.2) is 42.6 Å². The molecule has 0 bridgehead atoms. The number of nitrogens with one attached hydrogen (secondary N) is 1. The Balaban J connectivity index is 1.79. The highest BCUT2D eigenvalue weighted by Crippen LogP contribution is 2.29. The van der Waals surface area contributed by atoms with E-state index in [0.29, 0.717) is 31.9 Å². The number of benzene rings is 1. The van der Waals surface area contributed by atoms with Gasteiger partial charge in [-0.3, -0.25) is 14.6 Å². The molecule has 1 saturated heterocycles. The highest BCUT2D eigenvalue weighted by molar-refractivity contribution is 6.06. The van der Waals surface area contributed by atoms with Gasteiger partial charge in [-0.1, -0.05) is 39.0 Å². The minimum atomic E-state index is -0.259. The first-order valence-electron chi connectivity index (χ1n) is 9.10. The quantitative estimate of drug-likeness (QED) is 0.905. The van der Waals surface area contributed by atoms with Crippen molar-refractivity contribution in [2.75, 3.05) is 31.6 Å². The van der Waals surface area contributed by atoms with E-state index in [2.05, 4.69) is 31.1 Å². The largest absolute Gasteiger partial charge is 0.378 e. The summed E-state index contributed by atoms with van der Waals surface area (Å²) in [6.07, 6.45) is 1.50. The van der Waals surface area contributed by atoms with Crippen molar-refractivity contribution in [1.82, 2.24) is 9.88 Å². The van der Waals surface area contributed by atoms with Crippen molar-refractivity contribution < 1.29 is 14.3 Å². The summed E-state index contributed by atoms with van der Waals surface area (Å²) < 4.78 is 5.27. The molecule has 2 aromatic rings. The number of rotatable bonds is 3. The Morgan fingerprint density at radius 3 is 2.52 bits per heavy atom. The lowest BCUT2D eigenvalue weighted by atomic mass is 9.86. The Bertz CT molecular complexity index is 837. The molecule has 1 aliphatic heterocycles. The van der Waals surface area contributed by atoms with E-state index < -0.39 is 0 Å². The van der Waals surface area contributed by atoms with Gasteiger partial charge in [-0.15, -0.1) is 0 Å². The van der Waals surface area contributed by atoms with Crippen molar-refractivity contribution in [3.8, 4) is 0 Å². The summed E-state index contributed by atoms with van der Waals surface area (Å²) in [5.41, 5.74) is 2.41. The second kappa shape index (κ2) is 7.88. The van der Waals surface area contributed by atoms with Gasteiger partial charge in [-0.05, 0) is 29.2 Å². The topological polar surface area (TPSA) is 71.5 Å². The van der Waals surface area contributed by atoms with Crippen molar-refractivity contribution in [3.05, 3.63) is 59.4 Å². The van der Waals surface area contributed by atoms with Crippen molar-refractivity contribution in [3.63, 3.8) is 0 Å². The third-order valence-corrected chi connectivity index (χ3v) is 4.52. The molecule has 27 heavy (non-hydrogen) atoms. The summed E-state index contributed by atoms with van der Waals surface area (Å²) in [5, 5.41) is 2.97. The number of nitrogens with zero attached hydrogens (tertiary/aromatic N) is 2. The average molecular weight is 367 g/mol. The first-order valence-corrected chi connectivity index (χ1v) is 9.10. The molecule has 2 amide bonds. The third-order valence-electron chi connectivity index (χ3n) is 4.52. The van der Waals surface area contributed by atoms with Crippen LogP contribution in [0.3, 0.4) is 0 Å². The molecule has 6 heteroatoms. The summed E-state index contributed by atoms with van der Waals surface area (Å²) >= 11 is 0. The lowest BCUT2D eigenvalue weighted by Gasteiger charge is -2.26. The summed E-state index contributed by atoms with van der Waals surface area (Å²) in [4.78, 5) is 31.2. The van der Waals surface area contributed by atoms with E-state index in [4.69, 9.17) is 4.74 Å². The number of carbonyl (C=O) groups excluding carboxylic acids is 2. The Morgan fingerprint density at radius 2 is 1.81 bits per heavy atom. The number of pyridine rings is 1. The average Bonchev–Trinajstić information content (AvgIpc) is 2.68. The molecule has 1 N–H and O–H groups in total. The van der Waals surface area contributed by atoms with Gasteiger partial charge in [0, 0.05) is 30.5 Å². The fraction of sp³-hybridized carbons (Fsp3) is 0.381. The lowest BCUT2D eigenvalue weighted by molar-refractivity contribution is 0.0299. The summed E-state index contributed by atoms with van der Waals surface area (Å²) in [6, 6.07) is 10.9. The number of hydrogen-bond acceptors (Lipinski definition) is 4. The minimum Gasteiger partial charge on any atom is -0.378 e. The van der Waals surface area contributed by atoms with Crippen LogP contribution in [0, 0.1) is 0 Å². The first-order chi connectivity index (χ1) is 12.9. The zero-order valence-electron chi connectivity index (χ0n) is 16.0. The zero-order valence-corrected chi connectivity index (χ0v) is 16.0. The molecular weight excluding hydrogens is 342 g/mol. The number of ether oxygens (including phenoxy) is 1. The molecule has 1 aromatic carbocycles. The van der Waals surface area contributed by atoms with Gasteiger partial charge in [0.15, 0.2) is 0 Å². The number of carbonyl (C=O) groups is 2. The van der Waals surface area contributed by atoms with Gasteiger partial charge in [-0.25, -0.2) is 0 Å². The van der Waals surface area contributed by atoms with Crippen LogP contribution in [0.4, 0.5) is 5.69 Å². The molecule has 3 rings (SSSR count). The van der Waals surface area contributed by atoms with Crippen LogP contribution in [0.25, 0.3) is 0 Å². The second-order valence-corrected chi connectivity index (χ2v) is 7.58. The number of amides is 2. The van der Waals surface area contributed by atoms with Crippen molar-refractivity contribution in [2.24, 2.45) is 0 Å². The van der Waals surface area contributed by atoms with Gasteiger partial charge in [0.25, 0.3) is 11.8 Å². The van der Waals surface area contributed by atoms with Gasteiger partial charge >= 0.3 is 0 Å². The number of para-hydroxylation sites is 1. The number of morpholine rings is 1. The van der Waals surface area contributed by atoms with Gasteiger partial charge < -0.3 is 15.0 Å². The lowest BCUT2D eigenvalue weighted by Crippen LogP contribution is -2.41. The van der Waals surface area contributed by atoms with E-state index in [0.717, 1.165) is 11.3 Å². The van der Waals surface area contributed by atoms with E-state index in [-0.39, 0.29) is 22.9 Å². The summed E-state index contributed by atoms with van der Waals surface area (Å²) in [7, 11) is 0. The SMILES string of the molecule is CC(C)(C)c1ccccc1NC(=O)c1ccnc(C(=O)N2CCOCC2)c1. The molecule has 2 heterocycles. The Labute approximate surface area is 159 Å². The molecule has 1 aromatic heterocycles. The van der Waals surface area contributed by atoms with Gasteiger partial charge in [0.1, 0.15) is 5.69 Å². The third kappa shape index (κ3) is 4.52. The maximum Gasteiger partial charge on any atom is 0.272 e. The first kappa shape index (κ1) is 19.0. The van der Waals surface area contributed by atoms with Gasteiger partial charge in [0.2, 0.25) is 0 Å². The Kier molecular flexibility index (Phi) is 5.56. The van der Waals surface area contributed by atoms with E-state index >= 15 is 0 Å². The van der Waals surface area contributed by atoms with Crippen molar-refractivity contribution in [2.45, 2.75) is 26.2 Å². The van der Waals surface area contributed by atoms with Crippen LogP contribution in [0.2, 0.25) is 0 Å². The maximum atomic E-state index is 12.8. The normalized spacial score (nSPS) is 14.7. The molecule has 0 unspecified atom stereocenters. The molecule has 0 saturated carbocycles. The molecule has 0 aliphatic carbocycles.